The van der Waals surface area contributed by atoms with Gasteiger partial charge < -0.3 is 5.32 Å². The topological polar surface area (TPSA) is 72.2 Å². The van der Waals surface area contributed by atoms with E-state index >= 15 is 0 Å². The first-order valence-electron chi connectivity index (χ1n) is 6.13. The molecule has 3 N–H and O–H groups in total. The molecule has 2 aromatic rings. The van der Waals surface area contributed by atoms with Crippen molar-refractivity contribution < 1.29 is 8.42 Å². The Kier molecular flexibility index (Phi) is 5.24. The first-order chi connectivity index (χ1) is 9.88. The minimum Gasteiger partial charge on any atom is -0.309 e. The third kappa shape index (κ3) is 4.43. The molecule has 7 heteroatoms. The molecule has 0 radical (unpaired) electrons. The number of sulfonamides is 1. The van der Waals surface area contributed by atoms with Gasteiger partial charge in [-0.15, -0.1) is 0 Å². The molecule has 0 atom stereocenters. The molecule has 4 nitrogen and oxygen atoms in total. The van der Waals surface area contributed by atoms with Crippen LogP contribution in [0.25, 0.3) is 0 Å². The van der Waals surface area contributed by atoms with Crippen LogP contribution in [0, 0.1) is 0 Å². The molecule has 112 valence electrons. The SMILES string of the molecule is NS(=O)(=O)c1cccc(CNCc2cccc(Cl)c2Cl)c1. The number of halogens is 2. The van der Waals surface area contributed by atoms with Crippen LogP contribution >= 0.6 is 23.2 Å². The summed E-state index contributed by atoms with van der Waals surface area (Å²) in [5, 5.41) is 9.31. The molecule has 0 aromatic heterocycles. The Bertz CT molecular complexity index is 748. The molecule has 0 saturated carbocycles. The maximum Gasteiger partial charge on any atom is 0.238 e. The standard InChI is InChI=1S/C14H14Cl2N2O2S/c15-13-6-2-4-11(14(13)16)9-18-8-10-3-1-5-12(7-10)21(17,19)20/h1-7,18H,8-9H2,(H2,17,19,20). The van der Waals surface area contributed by atoms with Gasteiger partial charge in [-0.05, 0) is 29.3 Å². The molecule has 2 rings (SSSR count). The summed E-state index contributed by atoms with van der Waals surface area (Å²) in [7, 11) is -3.68. The Balaban J connectivity index is 2.03. The van der Waals surface area contributed by atoms with Crippen LogP contribution in [0.5, 0.6) is 0 Å². The molecular weight excluding hydrogens is 331 g/mol. The molecule has 21 heavy (non-hydrogen) atoms. The fourth-order valence-electron chi connectivity index (χ4n) is 1.86. The first kappa shape index (κ1) is 16.3. The van der Waals surface area contributed by atoms with Crippen molar-refractivity contribution in [2.75, 3.05) is 0 Å². The number of rotatable bonds is 5. The van der Waals surface area contributed by atoms with Crippen molar-refractivity contribution >= 4 is 33.2 Å². The molecule has 0 bridgehead atoms. The second-order valence-corrected chi connectivity index (χ2v) is 6.86. The Hall–Kier alpha value is -1.11. The molecular formula is C14H14Cl2N2O2S. The average molecular weight is 345 g/mol. The highest BCUT2D eigenvalue weighted by Gasteiger charge is 2.08. The van der Waals surface area contributed by atoms with Gasteiger partial charge in [-0.1, -0.05) is 47.5 Å². The Morgan fingerprint density at radius 1 is 1.05 bits per heavy atom. The number of hydrogen-bond acceptors (Lipinski definition) is 3. The monoisotopic (exact) mass is 344 g/mol. The van der Waals surface area contributed by atoms with Gasteiger partial charge in [0, 0.05) is 13.1 Å². The molecule has 0 aliphatic heterocycles. The number of nitrogens with two attached hydrogens (primary N) is 1. The van der Waals surface area contributed by atoms with Gasteiger partial charge in [0.25, 0.3) is 0 Å². The zero-order valence-electron chi connectivity index (χ0n) is 11.0. The molecule has 0 spiro atoms. The predicted octanol–water partition coefficient (Wildman–Crippen LogP) is 2.93. The van der Waals surface area contributed by atoms with Gasteiger partial charge >= 0.3 is 0 Å². The summed E-state index contributed by atoms with van der Waals surface area (Å²) in [6, 6.07) is 11.9. The molecule has 0 unspecified atom stereocenters. The van der Waals surface area contributed by atoms with E-state index in [-0.39, 0.29) is 4.90 Å². The summed E-state index contributed by atoms with van der Waals surface area (Å²) in [4.78, 5) is 0.0996. The van der Waals surface area contributed by atoms with Gasteiger partial charge in [0.2, 0.25) is 10.0 Å². The average Bonchev–Trinajstić information content (AvgIpc) is 2.43. The van der Waals surface area contributed by atoms with E-state index < -0.39 is 10.0 Å². The summed E-state index contributed by atoms with van der Waals surface area (Å²) >= 11 is 12.0. The van der Waals surface area contributed by atoms with E-state index in [2.05, 4.69) is 5.32 Å². The van der Waals surface area contributed by atoms with Crippen LogP contribution in [0.2, 0.25) is 10.0 Å². The van der Waals surface area contributed by atoms with E-state index in [1.165, 1.54) is 6.07 Å². The number of primary sulfonamides is 1. The normalized spacial score (nSPS) is 11.6. The number of benzene rings is 2. The molecule has 0 fully saturated rings. The van der Waals surface area contributed by atoms with Gasteiger partial charge in [0.15, 0.2) is 0 Å². The van der Waals surface area contributed by atoms with E-state index in [0.717, 1.165) is 11.1 Å². The van der Waals surface area contributed by atoms with Crippen molar-refractivity contribution in [3.63, 3.8) is 0 Å². The molecule has 2 aromatic carbocycles. The maximum absolute atomic E-state index is 11.3. The van der Waals surface area contributed by atoms with Gasteiger partial charge in [0.1, 0.15) is 0 Å². The van der Waals surface area contributed by atoms with Gasteiger partial charge in [-0.3, -0.25) is 0 Å². The Morgan fingerprint density at radius 2 is 1.76 bits per heavy atom. The second-order valence-electron chi connectivity index (χ2n) is 4.51. The van der Waals surface area contributed by atoms with Crippen LogP contribution in [0.3, 0.4) is 0 Å². The second kappa shape index (κ2) is 6.77. The highest BCUT2D eigenvalue weighted by atomic mass is 35.5. The Labute approximate surface area is 133 Å². The van der Waals surface area contributed by atoms with Crippen molar-refractivity contribution in [3.8, 4) is 0 Å². The molecule has 0 aliphatic rings. The van der Waals surface area contributed by atoms with Gasteiger partial charge in [0.05, 0.1) is 14.9 Å². The smallest absolute Gasteiger partial charge is 0.238 e. The first-order valence-corrected chi connectivity index (χ1v) is 8.43. The van der Waals surface area contributed by atoms with Crippen molar-refractivity contribution in [1.82, 2.24) is 5.32 Å². The highest BCUT2D eigenvalue weighted by Crippen LogP contribution is 2.25. The van der Waals surface area contributed by atoms with Crippen LogP contribution in [-0.4, -0.2) is 8.42 Å². The van der Waals surface area contributed by atoms with Crippen LogP contribution in [-0.2, 0) is 23.1 Å². The van der Waals surface area contributed by atoms with E-state index in [1.54, 1.807) is 18.2 Å². The van der Waals surface area contributed by atoms with Gasteiger partial charge in [-0.25, -0.2) is 13.6 Å². The fraction of sp³-hybridized carbons (Fsp3) is 0.143. The van der Waals surface area contributed by atoms with Crippen molar-refractivity contribution in [2.24, 2.45) is 5.14 Å². The summed E-state index contributed by atoms with van der Waals surface area (Å²) < 4.78 is 22.6. The van der Waals surface area contributed by atoms with E-state index in [9.17, 15) is 8.42 Å². The lowest BCUT2D eigenvalue weighted by atomic mass is 10.2. The zero-order chi connectivity index (χ0) is 15.5. The number of nitrogens with one attached hydrogen (secondary N) is 1. The number of hydrogen-bond donors (Lipinski definition) is 2. The zero-order valence-corrected chi connectivity index (χ0v) is 13.3. The molecule has 0 heterocycles. The summed E-state index contributed by atoms with van der Waals surface area (Å²) in [5.41, 5.74) is 1.70. The largest absolute Gasteiger partial charge is 0.309 e. The molecule has 0 aliphatic carbocycles. The van der Waals surface area contributed by atoms with Crippen LogP contribution in [0.4, 0.5) is 0 Å². The van der Waals surface area contributed by atoms with E-state index in [1.807, 2.05) is 18.2 Å². The maximum atomic E-state index is 11.3. The minimum absolute atomic E-state index is 0.0996. The summed E-state index contributed by atoms with van der Waals surface area (Å²) in [5.74, 6) is 0. The lowest BCUT2D eigenvalue weighted by molar-refractivity contribution is 0.597. The highest BCUT2D eigenvalue weighted by molar-refractivity contribution is 7.89. The van der Waals surface area contributed by atoms with Crippen LogP contribution in [0.1, 0.15) is 11.1 Å². The fourth-order valence-corrected chi connectivity index (χ4v) is 2.83. The van der Waals surface area contributed by atoms with E-state index in [4.69, 9.17) is 28.3 Å². The lowest BCUT2D eigenvalue weighted by Crippen LogP contribution is -2.15. The molecule has 0 amide bonds. The quantitative estimate of drug-likeness (QED) is 0.875. The van der Waals surface area contributed by atoms with Crippen molar-refractivity contribution in [1.29, 1.82) is 0 Å². The predicted molar refractivity (Wildman–Crippen MR) is 84.8 cm³/mol. The summed E-state index contributed by atoms with van der Waals surface area (Å²) in [6.45, 7) is 1.02. The third-order valence-electron chi connectivity index (χ3n) is 2.90. The Morgan fingerprint density at radius 3 is 2.48 bits per heavy atom. The third-order valence-corrected chi connectivity index (χ3v) is 4.67. The van der Waals surface area contributed by atoms with Crippen molar-refractivity contribution in [2.45, 2.75) is 18.0 Å². The molecule has 0 saturated heterocycles. The van der Waals surface area contributed by atoms with Crippen LogP contribution in [0.15, 0.2) is 47.4 Å². The minimum atomic E-state index is -3.68. The summed E-state index contributed by atoms with van der Waals surface area (Å²) in [6.07, 6.45) is 0. The van der Waals surface area contributed by atoms with Crippen LogP contribution < -0.4 is 10.5 Å². The lowest BCUT2D eigenvalue weighted by Gasteiger charge is -2.08. The van der Waals surface area contributed by atoms with Gasteiger partial charge in [-0.2, -0.15) is 0 Å². The van der Waals surface area contributed by atoms with Crippen molar-refractivity contribution in [3.05, 3.63) is 63.6 Å². The van der Waals surface area contributed by atoms with E-state index in [0.29, 0.717) is 23.1 Å².